The molecule has 5 aromatic carbocycles. The van der Waals surface area contributed by atoms with Gasteiger partial charge >= 0.3 is 0 Å². The predicted molar refractivity (Wildman–Crippen MR) is 214 cm³/mol. The molecule has 0 N–H and O–H groups in total. The second-order valence-corrected chi connectivity index (χ2v) is 14.5. The fraction of sp³-hybridized carbons (Fsp3) is 0.130. The quantitative estimate of drug-likeness (QED) is 0.166. The molecule has 0 bridgehead atoms. The minimum Gasteiger partial charge on any atom is -0.493 e. The monoisotopic (exact) mass is 711 g/mol. The van der Waals surface area contributed by atoms with Gasteiger partial charge in [-0.1, -0.05) is 120 Å². The van der Waals surface area contributed by atoms with E-state index in [0.29, 0.717) is 20.8 Å². The highest BCUT2D eigenvalue weighted by atomic mass is 32.1. The zero-order valence-electron chi connectivity index (χ0n) is 29.7. The second-order valence-electron chi connectivity index (χ2n) is 13.5. The smallest absolute Gasteiger partial charge is 0.271 e. The van der Waals surface area contributed by atoms with Crippen LogP contribution >= 0.6 is 11.3 Å². The lowest BCUT2D eigenvalue weighted by atomic mass is 9.83. The molecule has 1 aliphatic heterocycles. The second kappa shape index (κ2) is 13.4. The number of rotatable bonds is 7. The van der Waals surface area contributed by atoms with Gasteiger partial charge in [0, 0.05) is 16.8 Å². The van der Waals surface area contributed by atoms with Crippen molar-refractivity contribution in [2.24, 2.45) is 4.99 Å². The Labute approximate surface area is 311 Å². The van der Waals surface area contributed by atoms with E-state index >= 15 is 0 Å². The van der Waals surface area contributed by atoms with Crippen molar-refractivity contribution in [1.82, 2.24) is 9.13 Å². The van der Waals surface area contributed by atoms with Crippen LogP contribution in [0, 0.1) is 6.92 Å². The van der Waals surface area contributed by atoms with Crippen LogP contribution in [0.3, 0.4) is 0 Å². The van der Waals surface area contributed by atoms with Gasteiger partial charge in [-0.15, -0.1) is 0 Å². The third-order valence-corrected chi connectivity index (χ3v) is 11.3. The van der Waals surface area contributed by atoms with Gasteiger partial charge in [0.05, 0.1) is 41.9 Å². The molecule has 6 nitrogen and oxygen atoms in total. The van der Waals surface area contributed by atoms with Crippen molar-refractivity contribution in [2.45, 2.75) is 25.8 Å². The van der Waals surface area contributed by atoms with Crippen LogP contribution in [0.1, 0.15) is 40.3 Å². The molecule has 0 spiro atoms. The highest BCUT2D eigenvalue weighted by molar-refractivity contribution is 7.07. The number of aryl methyl sites for hydroxylation is 2. The molecule has 9 rings (SSSR count). The Kier molecular flexibility index (Phi) is 8.28. The normalized spacial score (nSPS) is 15.0. The van der Waals surface area contributed by atoms with Crippen LogP contribution in [0.4, 0.5) is 0 Å². The summed E-state index contributed by atoms with van der Waals surface area (Å²) in [6.45, 7) is 2.10. The number of methoxy groups -OCH3 is 2. The van der Waals surface area contributed by atoms with E-state index in [0.717, 1.165) is 69.0 Å². The molecule has 53 heavy (non-hydrogen) atoms. The molecular weight excluding hydrogens is 675 g/mol. The molecule has 7 heteroatoms. The van der Waals surface area contributed by atoms with Gasteiger partial charge in [-0.3, -0.25) is 9.36 Å². The molecule has 0 saturated carbocycles. The summed E-state index contributed by atoms with van der Waals surface area (Å²) in [7, 11) is 3.28. The number of thiazole rings is 1. The average molecular weight is 712 g/mol. The van der Waals surface area contributed by atoms with E-state index in [2.05, 4.69) is 121 Å². The SMILES string of the molecule is COc1ccc([C@@H]2C3=C(N=c4s/c(=C/c5cc(-c6ccccc6)n(-c6ccc(C)cc6)c5-c5ccccc5)c(=O)n42)c2ccccc2CC3)cc1OC. The third-order valence-electron chi connectivity index (χ3n) is 10.3. The van der Waals surface area contributed by atoms with Gasteiger partial charge in [-0.05, 0) is 84.0 Å². The number of fused-ring (bicyclic) bond motifs is 3. The van der Waals surface area contributed by atoms with Crippen LogP contribution in [0.15, 0.2) is 149 Å². The Morgan fingerprint density at radius 1 is 0.755 bits per heavy atom. The summed E-state index contributed by atoms with van der Waals surface area (Å²) in [6, 6.07) is 45.8. The van der Waals surface area contributed by atoms with Crippen LogP contribution in [-0.4, -0.2) is 23.4 Å². The zero-order valence-corrected chi connectivity index (χ0v) is 30.6. The fourth-order valence-corrected chi connectivity index (χ4v) is 8.79. The Hall–Kier alpha value is -6.18. The van der Waals surface area contributed by atoms with Crippen molar-refractivity contribution in [3.05, 3.63) is 187 Å². The van der Waals surface area contributed by atoms with Crippen molar-refractivity contribution in [3.63, 3.8) is 0 Å². The number of hydrogen-bond acceptors (Lipinski definition) is 5. The molecule has 260 valence electrons. The van der Waals surface area contributed by atoms with E-state index in [1.54, 1.807) is 14.2 Å². The van der Waals surface area contributed by atoms with Gasteiger partial charge in [0.25, 0.3) is 5.56 Å². The summed E-state index contributed by atoms with van der Waals surface area (Å²) < 4.78 is 16.2. The lowest BCUT2D eigenvalue weighted by molar-refractivity contribution is 0.354. The minimum atomic E-state index is -0.345. The van der Waals surface area contributed by atoms with Crippen LogP contribution in [0.5, 0.6) is 11.5 Å². The number of allylic oxidation sites excluding steroid dienone is 1. The predicted octanol–water partition coefficient (Wildman–Crippen LogP) is 8.77. The van der Waals surface area contributed by atoms with Gasteiger partial charge in [-0.25, -0.2) is 4.99 Å². The summed E-state index contributed by atoms with van der Waals surface area (Å²) in [5.74, 6) is 1.27. The standard InChI is InChI=1S/C46H37N3O3S/c1-29-18-22-35(23-19-29)48-38(31-13-6-4-7-14-31)26-34(43(48)32-15-8-5-9-16-32)28-41-45(50)49-44(33-21-25-39(51-2)40(27-33)52-3)37-24-20-30-12-10-11-17-36(30)42(37)47-46(49)53-41/h4-19,21-23,25-28,44H,20,24H2,1-3H3/b41-28+/t44-/m1/s1. The van der Waals surface area contributed by atoms with E-state index in [1.165, 1.54) is 22.5 Å². The number of aromatic nitrogens is 2. The van der Waals surface area contributed by atoms with Crippen molar-refractivity contribution in [2.75, 3.05) is 14.2 Å². The molecule has 2 aliphatic rings. The summed E-state index contributed by atoms with van der Waals surface area (Å²) in [5, 5.41) is 0. The van der Waals surface area contributed by atoms with Gasteiger partial charge in [0.1, 0.15) is 0 Å². The van der Waals surface area contributed by atoms with Gasteiger partial charge in [0.2, 0.25) is 0 Å². The number of benzene rings is 5. The summed E-state index contributed by atoms with van der Waals surface area (Å²) in [4.78, 5) is 20.9. The molecule has 0 saturated heterocycles. The average Bonchev–Trinajstić information content (AvgIpc) is 3.74. The van der Waals surface area contributed by atoms with E-state index < -0.39 is 0 Å². The minimum absolute atomic E-state index is 0.0673. The lowest BCUT2D eigenvalue weighted by Gasteiger charge is -2.31. The highest BCUT2D eigenvalue weighted by Gasteiger charge is 2.33. The molecule has 0 radical (unpaired) electrons. The number of hydrogen-bond donors (Lipinski definition) is 0. The van der Waals surface area contributed by atoms with E-state index in [-0.39, 0.29) is 11.6 Å². The highest BCUT2D eigenvalue weighted by Crippen LogP contribution is 2.43. The van der Waals surface area contributed by atoms with Crippen LogP contribution < -0.4 is 24.4 Å². The molecule has 7 aromatic rings. The molecule has 1 atom stereocenters. The summed E-state index contributed by atoms with van der Waals surface area (Å²) >= 11 is 1.44. The Balaban J connectivity index is 1.32. The van der Waals surface area contributed by atoms with Gasteiger partial charge in [0.15, 0.2) is 16.3 Å². The summed E-state index contributed by atoms with van der Waals surface area (Å²) in [6.07, 6.45) is 3.75. The fourth-order valence-electron chi connectivity index (χ4n) is 7.80. The number of ether oxygens (including phenoxy) is 2. The van der Waals surface area contributed by atoms with Gasteiger partial charge < -0.3 is 14.0 Å². The lowest BCUT2D eigenvalue weighted by Crippen LogP contribution is -2.38. The first-order valence-corrected chi connectivity index (χ1v) is 18.6. The van der Waals surface area contributed by atoms with Crippen LogP contribution in [0.2, 0.25) is 0 Å². The maximum Gasteiger partial charge on any atom is 0.271 e. The first-order chi connectivity index (χ1) is 26.0. The molecule has 2 aromatic heterocycles. The Bertz CT molecular complexity index is 2720. The topological polar surface area (TPSA) is 57.8 Å². The van der Waals surface area contributed by atoms with Crippen molar-refractivity contribution in [3.8, 4) is 39.7 Å². The molecule has 0 amide bonds. The summed E-state index contributed by atoms with van der Waals surface area (Å²) in [5.41, 5.74) is 12.8. The maximum absolute atomic E-state index is 14.9. The van der Waals surface area contributed by atoms with Crippen LogP contribution in [0.25, 0.3) is 40.0 Å². The zero-order chi connectivity index (χ0) is 36.1. The third kappa shape index (κ3) is 5.65. The Morgan fingerprint density at radius 3 is 2.19 bits per heavy atom. The molecule has 3 heterocycles. The van der Waals surface area contributed by atoms with Crippen molar-refractivity contribution in [1.29, 1.82) is 0 Å². The molecule has 0 fully saturated rings. The first-order valence-electron chi connectivity index (χ1n) is 17.8. The van der Waals surface area contributed by atoms with Crippen molar-refractivity contribution >= 4 is 23.1 Å². The number of nitrogens with zero attached hydrogens (tertiary/aromatic N) is 3. The van der Waals surface area contributed by atoms with E-state index in [4.69, 9.17) is 14.5 Å². The van der Waals surface area contributed by atoms with Gasteiger partial charge in [-0.2, -0.15) is 0 Å². The first kappa shape index (κ1) is 32.7. The molecule has 1 aliphatic carbocycles. The largest absolute Gasteiger partial charge is 0.493 e. The van der Waals surface area contributed by atoms with E-state index in [1.807, 2.05) is 34.9 Å². The van der Waals surface area contributed by atoms with E-state index in [9.17, 15) is 4.79 Å². The maximum atomic E-state index is 14.9. The van der Waals surface area contributed by atoms with Crippen LogP contribution in [-0.2, 0) is 6.42 Å². The van der Waals surface area contributed by atoms with Crippen molar-refractivity contribution < 1.29 is 9.47 Å². The molecule has 0 unspecified atom stereocenters. The Morgan fingerprint density at radius 2 is 1.45 bits per heavy atom. The molecular formula is C46H37N3O3S.